The number of aldehydes is 1. The van der Waals surface area contributed by atoms with Crippen molar-refractivity contribution in [2.45, 2.75) is 18.5 Å². The summed E-state index contributed by atoms with van der Waals surface area (Å²) in [5.74, 6) is 0. The van der Waals surface area contributed by atoms with Crippen molar-refractivity contribution in [3.8, 4) is 0 Å². The van der Waals surface area contributed by atoms with Crippen molar-refractivity contribution in [3.05, 3.63) is 108 Å². The molecular weight excluding hydrogens is 426 g/mol. The Kier molecular flexibility index (Phi) is 6.33. The lowest BCUT2D eigenvalue weighted by Crippen LogP contribution is -2.53. The quantitative estimate of drug-likeness (QED) is 0.340. The van der Waals surface area contributed by atoms with Gasteiger partial charge in [0, 0.05) is 61.1 Å². The number of carbonyl (C=O) groups is 1. The van der Waals surface area contributed by atoms with Crippen molar-refractivity contribution in [2.24, 2.45) is 0 Å². The van der Waals surface area contributed by atoms with Gasteiger partial charge in [0.1, 0.15) is 6.29 Å². The van der Waals surface area contributed by atoms with Gasteiger partial charge in [0.25, 0.3) is 0 Å². The molecule has 2 aromatic carbocycles. The fraction of sp³-hybridized carbons (Fsp3) is 0.214. The van der Waals surface area contributed by atoms with Crippen LogP contribution in [0.3, 0.4) is 0 Å². The lowest BCUT2D eigenvalue weighted by atomic mass is 9.93. The van der Waals surface area contributed by atoms with Crippen LogP contribution < -0.4 is 0 Å². The summed E-state index contributed by atoms with van der Waals surface area (Å²) < 4.78 is 1.17. The number of aromatic nitrogens is 1. The number of thiophene rings is 1. The summed E-state index contributed by atoms with van der Waals surface area (Å²) in [6, 6.07) is 23.5. The van der Waals surface area contributed by atoms with Gasteiger partial charge in [-0.05, 0) is 22.6 Å². The minimum absolute atomic E-state index is 0.0908. The first kappa shape index (κ1) is 21.6. The van der Waals surface area contributed by atoms with Crippen LogP contribution in [0.2, 0.25) is 0 Å². The molecule has 0 spiro atoms. The van der Waals surface area contributed by atoms with Crippen LogP contribution in [0.4, 0.5) is 0 Å². The number of hydrogen-bond acceptors (Lipinski definition) is 5. The summed E-state index contributed by atoms with van der Waals surface area (Å²) in [6.07, 6.45) is 5.36. The van der Waals surface area contributed by atoms with Gasteiger partial charge in [0.05, 0.1) is 10.7 Å². The van der Waals surface area contributed by atoms with Gasteiger partial charge in [-0.15, -0.1) is 11.3 Å². The number of carbonyl (C=O) groups excluding carboxylic acids is 1. The highest BCUT2D eigenvalue weighted by atomic mass is 32.1. The molecule has 0 saturated carbocycles. The van der Waals surface area contributed by atoms with Crippen molar-refractivity contribution in [1.82, 2.24) is 14.8 Å². The Labute approximate surface area is 198 Å². The van der Waals surface area contributed by atoms with Gasteiger partial charge >= 0.3 is 0 Å². The smallest absolute Gasteiger partial charge is 0.121 e. The van der Waals surface area contributed by atoms with E-state index in [0.29, 0.717) is 6.42 Å². The fourth-order valence-electron chi connectivity index (χ4n) is 4.91. The van der Waals surface area contributed by atoms with Gasteiger partial charge in [-0.1, -0.05) is 67.2 Å². The molecule has 0 radical (unpaired) electrons. The molecule has 166 valence electrons. The molecule has 3 heterocycles. The summed E-state index contributed by atoms with van der Waals surface area (Å²) in [6.45, 7) is 6.90. The zero-order chi connectivity index (χ0) is 22.6. The highest BCUT2D eigenvalue weighted by molar-refractivity contribution is 7.17. The number of piperazine rings is 1. The zero-order valence-corrected chi connectivity index (χ0v) is 19.3. The molecule has 5 heteroatoms. The van der Waals surface area contributed by atoms with E-state index in [1.54, 1.807) is 11.3 Å². The normalized spacial score (nSPS) is 16.9. The number of hydrogen-bond donors (Lipinski definition) is 0. The molecule has 4 aromatic rings. The van der Waals surface area contributed by atoms with E-state index in [4.69, 9.17) is 0 Å². The van der Waals surface area contributed by atoms with E-state index in [1.165, 1.54) is 21.2 Å². The Morgan fingerprint density at radius 1 is 1.03 bits per heavy atom. The Morgan fingerprint density at radius 2 is 1.73 bits per heavy atom. The van der Waals surface area contributed by atoms with Crippen LogP contribution in [-0.4, -0.2) is 46.7 Å². The van der Waals surface area contributed by atoms with Crippen molar-refractivity contribution < 1.29 is 4.79 Å². The summed E-state index contributed by atoms with van der Waals surface area (Å²) in [5, 5.41) is 3.29. The summed E-state index contributed by atoms with van der Waals surface area (Å²) in [5.41, 5.74) is 4.56. The summed E-state index contributed by atoms with van der Waals surface area (Å²) >= 11 is 1.70. The third-order valence-electron chi connectivity index (χ3n) is 6.53. The van der Waals surface area contributed by atoms with Gasteiger partial charge in [-0.3, -0.25) is 9.88 Å². The summed E-state index contributed by atoms with van der Waals surface area (Å²) in [7, 11) is 0. The average Bonchev–Trinajstić information content (AvgIpc) is 3.35. The minimum Gasteiger partial charge on any atom is -0.369 e. The summed E-state index contributed by atoms with van der Waals surface area (Å²) in [4.78, 5) is 21.0. The van der Waals surface area contributed by atoms with Crippen LogP contribution in [0.15, 0.2) is 91.1 Å². The first-order valence-corrected chi connectivity index (χ1v) is 12.2. The predicted octanol–water partition coefficient (Wildman–Crippen LogP) is 5.63. The van der Waals surface area contributed by atoms with Crippen molar-refractivity contribution in [3.63, 3.8) is 0 Å². The highest BCUT2D eigenvalue weighted by Crippen LogP contribution is 2.35. The Morgan fingerprint density at radius 3 is 2.39 bits per heavy atom. The van der Waals surface area contributed by atoms with E-state index in [-0.39, 0.29) is 12.1 Å². The molecule has 0 aliphatic carbocycles. The first-order valence-electron chi connectivity index (χ1n) is 11.3. The number of nitrogens with zero attached hydrogens (tertiary/aromatic N) is 3. The van der Waals surface area contributed by atoms with E-state index in [9.17, 15) is 4.79 Å². The van der Waals surface area contributed by atoms with Gasteiger partial charge in [0.15, 0.2) is 0 Å². The number of benzene rings is 2. The van der Waals surface area contributed by atoms with Gasteiger partial charge in [-0.25, -0.2) is 0 Å². The van der Waals surface area contributed by atoms with Crippen LogP contribution in [0.1, 0.15) is 29.2 Å². The molecule has 4 nitrogen and oxygen atoms in total. The van der Waals surface area contributed by atoms with E-state index in [1.807, 2.05) is 12.4 Å². The SMILES string of the molecule is C=C(c1cncc2sccc12)N1CCN(C(c2ccccc2)c2ccccc2)C(CC=O)C1. The molecule has 1 unspecified atom stereocenters. The second-order valence-electron chi connectivity index (χ2n) is 8.43. The molecule has 0 bridgehead atoms. The topological polar surface area (TPSA) is 36.4 Å². The molecule has 0 amide bonds. The standard InChI is InChI=1S/C28H27N3OS/c1-21(26-18-29-19-27-25(26)13-17-33-27)30-14-15-31(24(20-30)12-16-32)28(22-8-4-2-5-9-22)23-10-6-3-7-11-23/h2-11,13,16-19,24,28H,1,12,14-15,20H2. The predicted molar refractivity (Wildman–Crippen MR) is 136 cm³/mol. The maximum atomic E-state index is 11.7. The minimum atomic E-state index is 0.0908. The zero-order valence-electron chi connectivity index (χ0n) is 18.5. The third kappa shape index (κ3) is 4.34. The Bertz CT molecular complexity index is 1200. The molecule has 33 heavy (non-hydrogen) atoms. The van der Waals surface area contributed by atoms with Gasteiger partial charge in [-0.2, -0.15) is 0 Å². The first-order chi connectivity index (χ1) is 16.3. The fourth-order valence-corrected chi connectivity index (χ4v) is 5.69. The largest absolute Gasteiger partial charge is 0.369 e. The molecular formula is C28H27N3OS. The van der Waals surface area contributed by atoms with Crippen LogP contribution in [-0.2, 0) is 4.79 Å². The van der Waals surface area contributed by atoms with Crippen LogP contribution in [0, 0.1) is 0 Å². The molecule has 1 saturated heterocycles. The van der Waals surface area contributed by atoms with Crippen LogP contribution >= 0.6 is 11.3 Å². The second kappa shape index (κ2) is 9.69. The van der Waals surface area contributed by atoms with Crippen LogP contribution in [0.25, 0.3) is 15.8 Å². The molecule has 5 rings (SSSR count). The maximum absolute atomic E-state index is 11.7. The molecule has 1 aliphatic heterocycles. The number of rotatable bonds is 7. The lowest BCUT2D eigenvalue weighted by Gasteiger charge is -2.46. The van der Waals surface area contributed by atoms with Gasteiger partial charge in [0.2, 0.25) is 0 Å². The number of pyridine rings is 1. The van der Waals surface area contributed by atoms with E-state index >= 15 is 0 Å². The van der Waals surface area contributed by atoms with E-state index in [2.05, 4.69) is 93.5 Å². The Balaban J connectivity index is 1.45. The van der Waals surface area contributed by atoms with Crippen molar-refractivity contribution >= 4 is 33.4 Å². The Hall–Kier alpha value is -3.28. The monoisotopic (exact) mass is 453 g/mol. The highest BCUT2D eigenvalue weighted by Gasteiger charge is 2.34. The molecule has 0 N–H and O–H groups in total. The molecule has 1 aliphatic rings. The average molecular weight is 454 g/mol. The van der Waals surface area contributed by atoms with Crippen LogP contribution in [0.5, 0.6) is 0 Å². The molecule has 1 atom stereocenters. The van der Waals surface area contributed by atoms with Gasteiger partial charge < -0.3 is 9.69 Å². The molecule has 2 aromatic heterocycles. The molecule has 1 fully saturated rings. The van der Waals surface area contributed by atoms with E-state index in [0.717, 1.165) is 37.2 Å². The maximum Gasteiger partial charge on any atom is 0.121 e. The van der Waals surface area contributed by atoms with E-state index < -0.39 is 0 Å². The van der Waals surface area contributed by atoms with Crippen molar-refractivity contribution in [1.29, 1.82) is 0 Å². The van der Waals surface area contributed by atoms with Crippen molar-refractivity contribution in [2.75, 3.05) is 19.6 Å². The lowest BCUT2D eigenvalue weighted by molar-refractivity contribution is -0.109. The second-order valence-corrected chi connectivity index (χ2v) is 9.38. The number of fused-ring (bicyclic) bond motifs is 1. The third-order valence-corrected chi connectivity index (χ3v) is 7.38.